The van der Waals surface area contributed by atoms with Crippen molar-refractivity contribution >= 4 is 17.9 Å². The Bertz CT molecular complexity index is 1160. The topological polar surface area (TPSA) is 111 Å². The van der Waals surface area contributed by atoms with Gasteiger partial charge in [0, 0.05) is 44.4 Å². The summed E-state index contributed by atoms with van der Waals surface area (Å²) in [4.78, 5) is 28.8. The highest BCUT2D eigenvalue weighted by molar-refractivity contribution is 5.94. The highest BCUT2D eigenvalue weighted by Gasteiger charge is 2.31. The van der Waals surface area contributed by atoms with Crippen LogP contribution in [0.3, 0.4) is 0 Å². The van der Waals surface area contributed by atoms with E-state index < -0.39 is 54.2 Å². The Balaban J connectivity index is 1.81. The summed E-state index contributed by atoms with van der Waals surface area (Å²) < 4.78 is 57.9. The summed E-state index contributed by atoms with van der Waals surface area (Å²) in [5, 5.41) is 31.0. The van der Waals surface area contributed by atoms with E-state index in [2.05, 4.69) is 0 Å². The van der Waals surface area contributed by atoms with E-state index in [9.17, 15) is 42.5 Å². The Kier molecular flexibility index (Phi) is 11.2. The van der Waals surface area contributed by atoms with Gasteiger partial charge in [-0.2, -0.15) is 13.2 Å². The van der Waals surface area contributed by atoms with Crippen molar-refractivity contribution in [2.75, 3.05) is 39.4 Å². The molecule has 0 radical (unpaired) electrons. The summed E-state index contributed by atoms with van der Waals surface area (Å²) in [5.41, 5.74) is -0.556. The van der Waals surface area contributed by atoms with Gasteiger partial charge in [0.2, 0.25) is 5.91 Å². The molecular weight excluding hydrogens is 536 g/mol. The molecule has 8 nitrogen and oxygen atoms in total. The van der Waals surface area contributed by atoms with E-state index in [1.54, 1.807) is 0 Å². The van der Waals surface area contributed by atoms with E-state index in [1.165, 1.54) is 40.1 Å². The lowest BCUT2D eigenvalue weighted by atomic mass is 10.1. The first kappa shape index (κ1) is 31.2. The molecule has 1 heterocycles. The molecule has 1 aliphatic rings. The molecule has 218 valence electrons. The number of β-amino-alcohol motifs (C(OH)–C–C–N with tert-alkyl or cyclic N) is 1. The summed E-state index contributed by atoms with van der Waals surface area (Å²) in [6.07, 6.45) is -5.72. The number of carbonyl (C=O) groups excluding carboxylic acids is 2. The number of rotatable bonds is 3. The zero-order chi connectivity index (χ0) is 29.3. The lowest BCUT2D eigenvalue weighted by Gasteiger charge is -2.32. The molecule has 0 spiro atoms. The number of aliphatic hydroxyl groups excluding tert-OH is 3. The Morgan fingerprint density at radius 1 is 0.925 bits per heavy atom. The van der Waals surface area contributed by atoms with Crippen molar-refractivity contribution in [3.8, 4) is 0 Å². The SMILES string of the molecule is O=C(C=Cc1cccc(C(F)(F)F)c1)N1CCCCOC[C@@H](O)[C@H](O)[C@@H](O)CN(C(=O)c2ccc(F)cc2)CC1. The van der Waals surface area contributed by atoms with Gasteiger partial charge >= 0.3 is 6.18 Å². The number of hydrogen-bond donors (Lipinski definition) is 3. The summed E-state index contributed by atoms with van der Waals surface area (Å²) >= 11 is 0. The van der Waals surface area contributed by atoms with Crippen LogP contribution >= 0.6 is 0 Å². The number of nitrogens with zero attached hydrogens (tertiary/aromatic N) is 2. The number of alkyl halides is 3. The van der Waals surface area contributed by atoms with Crippen LogP contribution in [-0.2, 0) is 15.7 Å². The first-order valence-electron chi connectivity index (χ1n) is 12.8. The third-order valence-corrected chi connectivity index (χ3v) is 6.41. The number of ether oxygens (including phenoxy) is 1. The average molecular weight is 569 g/mol. The molecule has 3 N–H and O–H groups in total. The Morgan fingerprint density at radius 2 is 1.62 bits per heavy atom. The summed E-state index contributed by atoms with van der Waals surface area (Å²) in [6, 6.07) is 9.24. The lowest BCUT2D eigenvalue weighted by Crippen LogP contribution is -2.49. The summed E-state index contributed by atoms with van der Waals surface area (Å²) in [7, 11) is 0. The highest BCUT2D eigenvalue weighted by Crippen LogP contribution is 2.29. The molecule has 3 rings (SSSR count). The number of aliphatic hydroxyl groups is 3. The number of amides is 2. The predicted octanol–water partition coefficient (Wildman–Crippen LogP) is 2.72. The minimum Gasteiger partial charge on any atom is -0.388 e. The van der Waals surface area contributed by atoms with E-state index >= 15 is 0 Å². The Hall–Kier alpha value is -3.32. The fourth-order valence-electron chi connectivity index (χ4n) is 4.12. The first-order valence-corrected chi connectivity index (χ1v) is 12.8. The van der Waals surface area contributed by atoms with E-state index in [-0.39, 0.29) is 44.0 Å². The van der Waals surface area contributed by atoms with E-state index in [0.29, 0.717) is 12.8 Å². The average Bonchev–Trinajstić information content (AvgIpc) is 2.93. The molecule has 1 fully saturated rings. The van der Waals surface area contributed by atoms with Crippen LogP contribution in [0.1, 0.15) is 34.3 Å². The number of carbonyl (C=O) groups is 2. The second kappa shape index (κ2) is 14.4. The van der Waals surface area contributed by atoms with Crippen LogP contribution in [0, 0.1) is 5.82 Å². The monoisotopic (exact) mass is 568 g/mol. The first-order chi connectivity index (χ1) is 19.0. The molecule has 0 bridgehead atoms. The van der Waals surface area contributed by atoms with E-state index in [0.717, 1.165) is 30.3 Å². The largest absolute Gasteiger partial charge is 0.416 e. The summed E-state index contributed by atoms with van der Waals surface area (Å²) in [5.74, 6) is -1.66. The predicted molar refractivity (Wildman–Crippen MR) is 137 cm³/mol. The molecule has 0 aliphatic carbocycles. The molecule has 0 unspecified atom stereocenters. The van der Waals surface area contributed by atoms with Crippen molar-refractivity contribution in [2.45, 2.75) is 37.3 Å². The number of hydrogen-bond acceptors (Lipinski definition) is 6. The van der Waals surface area contributed by atoms with Gasteiger partial charge in [-0.05, 0) is 60.9 Å². The molecule has 0 aromatic heterocycles. The normalized spacial score (nSPS) is 22.2. The molecular formula is C28H32F4N2O6. The molecule has 2 amide bonds. The molecule has 3 atom stereocenters. The second-order valence-electron chi connectivity index (χ2n) is 9.45. The standard InChI is InChI=1S/C28H32F4N2O6/c29-22-9-7-20(8-10-22)27(39)34-14-13-33(12-1-2-15-40-18-24(36)26(38)23(35)17-34)25(37)11-6-19-4-3-5-21(16-19)28(30,31)32/h3-11,16,23-24,26,35-36,38H,1-2,12-15,17-18H2/t23-,24+,26+/m0/s1. The lowest BCUT2D eigenvalue weighted by molar-refractivity contribution is -0.137. The maximum absolute atomic E-state index is 13.4. The third-order valence-electron chi connectivity index (χ3n) is 6.41. The molecule has 0 saturated carbocycles. The van der Waals surface area contributed by atoms with Crippen LogP contribution in [0.4, 0.5) is 17.6 Å². The minimum absolute atomic E-state index is 0.00900. The maximum Gasteiger partial charge on any atom is 0.416 e. The van der Waals surface area contributed by atoms with Gasteiger partial charge < -0.3 is 29.9 Å². The van der Waals surface area contributed by atoms with Crippen LogP contribution in [-0.4, -0.2) is 94.6 Å². The van der Waals surface area contributed by atoms with Crippen molar-refractivity contribution in [1.29, 1.82) is 0 Å². The highest BCUT2D eigenvalue weighted by atomic mass is 19.4. The van der Waals surface area contributed by atoms with Gasteiger partial charge in [0.05, 0.1) is 12.2 Å². The molecule has 2 aromatic rings. The maximum atomic E-state index is 13.4. The van der Waals surface area contributed by atoms with Crippen molar-refractivity contribution in [3.05, 3.63) is 77.1 Å². The van der Waals surface area contributed by atoms with Crippen molar-refractivity contribution < 1.29 is 47.2 Å². The van der Waals surface area contributed by atoms with E-state index in [4.69, 9.17) is 4.74 Å². The van der Waals surface area contributed by atoms with Crippen LogP contribution in [0.5, 0.6) is 0 Å². The Labute approximate surface area is 229 Å². The zero-order valence-electron chi connectivity index (χ0n) is 21.6. The van der Waals surface area contributed by atoms with Crippen molar-refractivity contribution in [1.82, 2.24) is 9.80 Å². The van der Waals surface area contributed by atoms with Gasteiger partial charge in [0.1, 0.15) is 24.1 Å². The smallest absolute Gasteiger partial charge is 0.388 e. The van der Waals surface area contributed by atoms with Crippen LogP contribution < -0.4 is 0 Å². The van der Waals surface area contributed by atoms with Gasteiger partial charge in [-0.1, -0.05) is 12.1 Å². The second-order valence-corrected chi connectivity index (χ2v) is 9.45. The quantitative estimate of drug-likeness (QED) is 0.388. The van der Waals surface area contributed by atoms with Crippen molar-refractivity contribution in [3.63, 3.8) is 0 Å². The Morgan fingerprint density at radius 3 is 2.33 bits per heavy atom. The number of halogens is 4. The zero-order valence-corrected chi connectivity index (χ0v) is 21.6. The van der Waals surface area contributed by atoms with Gasteiger partial charge in [-0.25, -0.2) is 4.39 Å². The fraction of sp³-hybridized carbons (Fsp3) is 0.429. The van der Waals surface area contributed by atoms with Gasteiger partial charge in [-0.3, -0.25) is 9.59 Å². The molecule has 1 aliphatic heterocycles. The van der Waals surface area contributed by atoms with Crippen molar-refractivity contribution in [2.24, 2.45) is 0 Å². The van der Waals surface area contributed by atoms with Crippen LogP contribution in [0.15, 0.2) is 54.6 Å². The molecule has 2 aromatic carbocycles. The fourth-order valence-corrected chi connectivity index (χ4v) is 4.12. The van der Waals surface area contributed by atoms with Gasteiger partial charge in [-0.15, -0.1) is 0 Å². The number of benzene rings is 2. The van der Waals surface area contributed by atoms with Gasteiger partial charge in [0.15, 0.2) is 0 Å². The minimum atomic E-state index is -4.53. The summed E-state index contributed by atoms with van der Waals surface area (Å²) in [6.45, 7) is -0.303. The van der Waals surface area contributed by atoms with E-state index in [1.807, 2.05) is 0 Å². The molecule has 40 heavy (non-hydrogen) atoms. The molecule has 12 heteroatoms. The third kappa shape index (κ3) is 9.12. The van der Waals surface area contributed by atoms with Crippen LogP contribution in [0.25, 0.3) is 6.08 Å². The van der Waals surface area contributed by atoms with Gasteiger partial charge in [0.25, 0.3) is 5.91 Å². The van der Waals surface area contributed by atoms with Crippen LogP contribution in [0.2, 0.25) is 0 Å². The molecule has 1 saturated heterocycles.